The average molecular weight is 427 g/mol. The first-order valence-electron chi connectivity index (χ1n) is 10.4. The van der Waals surface area contributed by atoms with E-state index in [-0.39, 0.29) is 29.8 Å². The van der Waals surface area contributed by atoms with Crippen LogP contribution < -0.4 is 21.9 Å². The Hall–Kier alpha value is -3.24. The first-order chi connectivity index (χ1) is 14.9. The quantitative estimate of drug-likeness (QED) is 0.375. The largest absolute Gasteiger partial charge is 0.491 e. The van der Waals surface area contributed by atoms with Crippen LogP contribution in [0.3, 0.4) is 0 Å². The fourth-order valence-corrected chi connectivity index (χ4v) is 3.39. The van der Waals surface area contributed by atoms with Crippen LogP contribution in [-0.2, 0) is 0 Å². The fraction of sp³-hybridized carbons (Fsp3) is 0.429. The normalized spacial score (nSPS) is 12.4. The van der Waals surface area contributed by atoms with Crippen LogP contribution in [-0.4, -0.2) is 62.3 Å². The summed E-state index contributed by atoms with van der Waals surface area (Å²) in [6.45, 7) is 7.02. The van der Waals surface area contributed by atoms with E-state index in [4.69, 9.17) is 21.9 Å². The number of anilines is 3. The molecule has 2 heterocycles. The first-order valence-corrected chi connectivity index (χ1v) is 10.4. The van der Waals surface area contributed by atoms with Crippen molar-refractivity contribution in [3.63, 3.8) is 0 Å². The average Bonchev–Trinajstić information content (AvgIpc) is 2.72. The highest BCUT2D eigenvalue weighted by Crippen LogP contribution is 2.27. The Labute approximate surface area is 181 Å². The van der Waals surface area contributed by atoms with Crippen molar-refractivity contribution in [3.05, 3.63) is 24.3 Å². The molecule has 1 atom stereocenters. The molecule has 0 aliphatic heterocycles. The summed E-state index contributed by atoms with van der Waals surface area (Å²) < 4.78 is 5.75. The molecule has 0 saturated carbocycles. The van der Waals surface area contributed by atoms with E-state index in [0.717, 1.165) is 31.5 Å². The highest BCUT2D eigenvalue weighted by atomic mass is 16.5. The summed E-state index contributed by atoms with van der Waals surface area (Å²) in [7, 11) is 0. The third kappa shape index (κ3) is 5.68. The second-order valence-corrected chi connectivity index (χ2v) is 7.39. The van der Waals surface area contributed by atoms with E-state index in [0.29, 0.717) is 23.5 Å². The molecular formula is C21H30N8O2. The van der Waals surface area contributed by atoms with Crippen LogP contribution in [0.15, 0.2) is 24.3 Å². The van der Waals surface area contributed by atoms with Crippen LogP contribution in [0.5, 0.6) is 5.75 Å². The number of benzene rings is 1. The van der Waals surface area contributed by atoms with Gasteiger partial charge in [-0.2, -0.15) is 9.97 Å². The molecule has 0 aliphatic carbocycles. The molecule has 2 aromatic heterocycles. The van der Waals surface area contributed by atoms with E-state index < -0.39 is 6.10 Å². The Morgan fingerprint density at radius 1 is 0.935 bits per heavy atom. The van der Waals surface area contributed by atoms with Crippen LogP contribution in [0.4, 0.5) is 17.6 Å². The third-order valence-corrected chi connectivity index (χ3v) is 4.72. The van der Waals surface area contributed by atoms with Gasteiger partial charge in [0.05, 0.1) is 0 Å². The molecule has 166 valence electrons. The molecule has 0 saturated heterocycles. The number of aliphatic hydroxyl groups is 1. The van der Waals surface area contributed by atoms with Crippen molar-refractivity contribution in [1.29, 1.82) is 0 Å². The zero-order valence-electron chi connectivity index (χ0n) is 18.0. The molecule has 10 heteroatoms. The Kier molecular flexibility index (Phi) is 7.37. The second kappa shape index (κ2) is 10.2. The predicted octanol–water partition coefficient (Wildman–Crippen LogP) is 1.70. The van der Waals surface area contributed by atoms with E-state index >= 15 is 0 Å². The van der Waals surface area contributed by atoms with E-state index in [1.165, 1.54) is 0 Å². The molecule has 1 aromatic carbocycles. The van der Waals surface area contributed by atoms with Crippen LogP contribution >= 0.6 is 0 Å². The maximum Gasteiger partial charge on any atom is 0.224 e. The minimum Gasteiger partial charge on any atom is -0.491 e. The van der Waals surface area contributed by atoms with E-state index in [1.54, 1.807) is 12.1 Å². The van der Waals surface area contributed by atoms with Crippen LogP contribution in [0, 0.1) is 0 Å². The Bertz CT molecular complexity index is 1010. The molecule has 0 radical (unpaired) electrons. The smallest absolute Gasteiger partial charge is 0.224 e. The Balaban J connectivity index is 1.68. The summed E-state index contributed by atoms with van der Waals surface area (Å²) in [6, 6.07) is 7.24. The van der Waals surface area contributed by atoms with Crippen molar-refractivity contribution >= 4 is 28.7 Å². The second-order valence-electron chi connectivity index (χ2n) is 7.39. The number of ether oxygens (including phenoxy) is 1. The van der Waals surface area contributed by atoms with Crippen molar-refractivity contribution in [2.24, 2.45) is 0 Å². The summed E-state index contributed by atoms with van der Waals surface area (Å²) >= 11 is 0. The van der Waals surface area contributed by atoms with Crippen molar-refractivity contribution in [2.75, 3.05) is 43.4 Å². The van der Waals surface area contributed by atoms with Gasteiger partial charge >= 0.3 is 0 Å². The van der Waals surface area contributed by atoms with Crippen LogP contribution in [0.1, 0.15) is 26.7 Å². The lowest BCUT2D eigenvalue weighted by Crippen LogP contribution is -2.36. The molecule has 3 aromatic rings. The van der Waals surface area contributed by atoms with Crippen molar-refractivity contribution in [3.8, 4) is 17.0 Å². The SMILES string of the molecule is CCCN(CCC)CC(O)COc1ccc(-c2nc3c(N)nc(N)nc3nc2N)cc1. The van der Waals surface area contributed by atoms with Gasteiger partial charge in [-0.25, -0.2) is 9.97 Å². The maximum absolute atomic E-state index is 10.3. The lowest BCUT2D eigenvalue weighted by Gasteiger charge is -2.24. The van der Waals surface area contributed by atoms with E-state index in [9.17, 15) is 5.11 Å². The number of hydrogen-bond acceptors (Lipinski definition) is 10. The zero-order valence-corrected chi connectivity index (χ0v) is 18.0. The van der Waals surface area contributed by atoms with Crippen LogP contribution in [0.25, 0.3) is 22.4 Å². The zero-order chi connectivity index (χ0) is 22.4. The van der Waals surface area contributed by atoms with Crippen molar-refractivity contribution < 1.29 is 9.84 Å². The minimum atomic E-state index is -0.560. The molecule has 0 spiro atoms. The molecule has 0 aliphatic rings. The maximum atomic E-state index is 10.3. The molecule has 0 amide bonds. The summed E-state index contributed by atoms with van der Waals surface area (Å²) in [5.41, 5.74) is 19.4. The van der Waals surface area contributed by atoms with E-state index in [1.807, 2.05) is 12.1 Å². The number of nitrogens with two attached hydrogens (primary N) is 3. The van der Waals surface area contributed by atoms with Gasteiger partial charge in [0, 0.05) is 12.1 Å². The molecule has 10 nitrogen and oxygen atoms in total. The van der Waals surface area contributed by atoms with Crippen molar-refractivity contribution in [2.45, 2.75) is 32.8 Å². The van der Waals surface area contributed by atoms with Gasteiger partial charge in [-0.1, -0.05) is 13.8 Å². The highest BCUT2D eigenvalue weighted by molar-refractivity contribution is 5.87. The summed E-state index contributed by atoms with van der Waals surface area (Å²) in [5.74, 6) is 1.01. The Morgan fingerprint density at radius 3 is 2.26 bits per heavy atom. The van der Waals surface area contributed by atoms with Crippen LogP contribution in [0.2, 0.25) is 0 Å². The first kappa shape index (κ1) is 22.4. The number of nitrogen functional groups attached to an aromatic ring is 3. The number of aliphatic hydroxyl groups excluding tert-OH is 1. The molecular weight excluding hydrogens is 396 g/mol. The van der Waals surface area contributed by atoms with Gasteiger partial charge in [0.25, 0.3) is 0 Å². The van der Waals surface area contributed by atoms with Gasteiger partial charge < -0.3 is 31.9 Å². The minimum absolute atomic E-state index is 0.0163. The molecule has 0 fully saturated rings. The molecule has 7 N–H and O–H groups in total. The van der Waals surface area contributed by atoms with Gasteiger partial charge in [0.1, 0.15) is 24.2 Å². The lowest BCUT2D eigenvalue weighted by molar-refractivity contribution is 0.0681. The Morgan fingerprint density at radius 2 is 1.61 bits per heavy atom. The highest BCUT2D eigenvalue weighted by Gasteiger charge is 2.14. The number of aromatic nitrogens is 4. The van der Waals surface area contributed by atoms with Gasteiger partial charge in [-0.3, -0.25) is 0 Å². The predicted molar refractivity (Wildman–Crippen MR) is 122 cm³/mol. The number of hydrogen-bond donors (Lipinski definition) is 4. The monoisotopic (exact) mass is 426 g/mol. The third-order valence-electron chi connectivity index (χ3n) is 4.72. The van der Waals surface area contributed by atoms with E-state index in [2.05, 4.69) is 38.7 Å². The lowest BCUT2D eigenvalue weighted by atomic mass is 10.1. The van der Waals surface area contributed by atoms with Crippen molar-refractivity contribution in [1.82, 2.24) is 24.8 Å². The summed E-state index contributed by atoms with van der Waals surface area (Å²) in [4.78, 5) is 18.9. The molecule has 1 unspecified atom stereocenters. The molecule has 3 rings (SSSR count). The van der Waals surface area contributed by atoms with Gasteiger partial charge in [-0.15, -0.1) is 0 Å². The molecule has 0 bridgehead atoms. The van der Waals surface area contributed by atoms with Gasteiger partial charge in [0.2, 0.25) is 5.95 Å². The fourth-order valence-electron chi connectivity index (χ4n) is 3.39. The topological polar surface area (TPSA) is 162 Å². The standard InChI is InChI=1S/C21H30N8O2/c1-3-9-29(10-4-2)11-14(30)12-31-15-7-5-13(6-8-15)16-18(22)26-20-17(25-16)19(23)27-21(24)28-20/h5-8,14,30H,3-4,9-12H2,1-2H3,(H6,22,23,24,26,27,28). The molecule has 31 heavy (non-hydrogen) atoms. The number of fused-ring (bicyclic) bond motifs is 1. The van der Waals surface area contributed by atoms with Gasteiger partial charge in [-0.05, 0) is 50.2 Å². The summed E-state index contributed by atoms with van der Waals surface area (Å²) in [5, 5.41) is 10.3. The number of rotatable bonds is 10. The summed E-state index contributed by atoms with van der Waals surface area (Å²) in [6.07, 6.45) is 1.55. The number of nitrogens with zero attached hydrogens (tertiary/aromatic N) is 5. The van der Waals surface area contributed by atoms with Gasteiger partial charge in [0.15, 0.2) is 22.8 Å².